The molecule has 5 heteroatoms. The smallest absolute Gasteiger partial charge is 0.00694 e. The summed E-state index contributed by atoms with van der Waals surface area (Å²) in [5.74, 6) is 0. The number of hydrogen-bond acceptors (Lipinski definition) is 0. The first kappa shape index (κ1) is 34.9. The number of benzene rings is 6. The Morgan fingerprint density at radius 3 is 0.878 bits per heavy atom. The van der Waals surface area contributed by atoms with Crippen LogP contribution in [0, 0.1) is 0 Å². The van der Waals surface area contributed by atoms with Crippen molar-refractivity contribution in [3.63, 3.8) is 0 Å². The zero-order valence-electron chi connectivity index (χ0n) is 27.5. The fraction of sp³-hybridized carbons (Fsp3) is 0.182. The van der Waals surface area contributed by atoms with E-state index in [1.165, 1.54) is 94.3 Å². The number of hydrogen-bond donors (Lipinski definition) is 0. The van der Waals surface area contributed by atoms with Gasteiger partial charge in [-0.2, -0.15) is 0 Å². The molecule has 49 heavy (non-hydrogen) atoms. The van der Waals surface area contributed by atoms with Crippen molar-refractivity contribution in [2.45, 2.75) is 51.4 Å². The normalized spacial score (nSPS) is 13.8. The molecule has 2 aliphatic carbocycles. The van der Waals surface area contributed by atoms with Gasteiger partial charge in [-0.25, -0.2) is 0 Å². The van der Waals surface area contributed by atoms with Gasteiger partial charge in [-0.1, -0.05) is 133 Å². The Balaban J connectivity index is 0.00000122. The molecular weight excluding hydrogens is 856 g/mol. The minimum atomic E-state index is -0.750. The molecule has 0 aromatic heterocycles. The molecule has 0 heterocycles. The fourth-order valence-electron chi connectivity index (χ4n) is 7.51. The predicted octanol–water partition coefficient (Wildman–Crippen LogP) is 10.0. The summed E-state index contributed by atoms with van der Waals surface area (Å²) in [6, 6.07) is 55.8. The van der Waals surface area contributed by atoms with Gasteiger partial charge in [-0.3, -0.25) is 0 Å². The molecule has 6 aromatic carbocycles. The Morgan fingerprint density at radius 1 is 0.367 bits per heavy atom. The molecule has 0 radical (unpaired) electrons. The minimum Gasteiger partial charge on any atom is -0.0622 e. The van der Waals surface area contributed by atoms with Crippen molar-refractivity contribution >= 4 is 66.5 Å². The summed E-state index contributed by atoms with van der Waals surface area (Å²) in [6.07, 6.45) is 9.90. The maximum atomic E-state index is 4.88. The molecule has 0 aliphatic heterocycles. The third kappa shape index (κ3) is 8.02. The topological polar surface area (TPSA) is 0 Å². The molecule has 0 spiro atoms. The Labute approximate surface area is 311 Å². The summed E-state index contributed by atoms with van der Waals surface area (Å²) in [7, 11) is 8.25. The van der Waals surface area contributed by atoms with Gasteiger partial charge in [0.05, 0.1) is 0 Å². The van der Waals surface area contributed by atoms with Crippen LogP contribution in [0.5, 0.6) is 0 Å². The van der Waals surface area contributed by atoms with Gasteiger partial charge < -0.3 is 0 Å². The van der Waals surface area contributed by atoms with E-state index in [0.717, 1.165) is 0 Å². The summed E-state index contributed by atoms with van der Waals surface area (Å²) < 4.78 is 0. The van der Waals surface area contributed by atoms with Gasteiger partial charge in [-0.15, -0.1) is 0 Å². The Bertz CT molecular complexity index is 1740. The number of halogens is 2. The van der Waals surface area contributed by atoms with Crippen LogP contribution in [0.4, 0.5) is 0 Å². The Kier molecular flexibility index (Phi) is 12.2. The van der Waals surface area contributed by atoms with Gasteiger partial charge in [0.2, 0.25) is 0 Å². The molecule has 0 amide bonds. The maximum Gasteiger partial charge on any atom is -0.00694 e. The zero-order valence-corrected chi connectivity index (χ0v) is 33.1. The summed E-state index contributed by atoms with van der Waals surface area (Å²) in [6.45, 7) is 0. The molecular formula is C44H40Cl2P2Pt. The maximum absolute atomic E-state index is 4.88. The summed E-state index contributed by atoms with van der Waals surface area (Å²) >= 11 is -0.472. The van der Waals surface area contributed by atoms with Crippen molar-refractivity contribution in [3.8, 4) is 11.1 Å². The van der Waals surface area contributed by atoms with Gasteiger partial charge in [0.25, 0.3) is 0 Å². The Hall–Kier alpha value is -2.55. The van der Waals surface area contributed by atoms with Gasteiger partial charge in [0, 0.05) is 0 Å². The zero-order chi connectivity index (χ0) is 33.4. The molecule has 6 aromatic rings. The average Bonchev–Trinajstić information content (AvgIpc) is 3.17. The quantitative estimate of drug-likeness (QED) is 0.140. The van der Waals surface area contributed by atoms with Crippen LogP contribution in [-0.2, 0) is 42.2 Å². The first-order valence-electron chi connectivity index (χ1n) is 17.2. The number of fused-ring (bicyclic) bond motifs is 2. The van der Waals surface area contributed by atoms with Crippen LogP contribution in [-0.4, -0.2) is 0 Å². The van der Waals surface area contributed by atoms with E-state index in [9.17, 15) is 0 Å². The second kappa shape index (κ2) is 17.1. The van der Waals surface area contributed by atoms with Crippen LogP contribution >= 0.6 is 34.7 Å². The third-order valence-electron chi connectivity index (χ3n) is 9.75. The van der Waals surface area contributed by atoms with E-state index in [-0.39, 0.29) is 0 Å². The van der Waals surface area contributed by atoms with Crippen LogP contribution in [0.2, 0.25) is 0 Å². The van der Waals surface area contributed by atoms with E-state index in [1.54, 1.807) is 22.3 Å². The second-order valence-corrected chi connectivity index (χ2v) is 20.4. The summed E-state index contributed by atoms with van der Waals surface area (Å²) in [4.78, 5) is 0. The van der Waals surface area contributed by atoms with Crippen LogP contribution in [0.15, 0.2) is 146 Å². The van der Waals surface area contributed by atoms with Gasteiger partial charge in [-0.05, 0) is 145 Å². The van der Waals surface area contributed by atoms with Crippen LogP contribution in [0.1, 0.15) is 47.9 Å². The monoisotopic (exact) mass is 895 g/mol. The van der Waals surface area contributed by atoms with Crippen molar-refractivity contribution in [2.24, 2.45) is 0 Å². The van der Waals surface area contributed by atoms with Crippen molar-refractivity contribution in [1.29, 1.82) is 0 Å². The minimum absolute atomic E-state index is 0.472. The number of aryl methyl sites for hydroxylation is 4. The summed E-state index contributed by atoms with van der Waals surface area (Å²) in [5.41, 5.74) is 9.18. The number of rotatable bonds is 7. The third-order valence-corrected chi connectivity index (χ3v) is 14.7. The molecule has 250 valence electrons. The molecule has 2 aliphatic rings. The average molecular weight is 897 g/mol. The van der Waals surface area contributed by atoms with Gasteiger partial charge >= 0.3 is 35.3 Å². The van der Waals surface area contributed by atoms with Gasteiger partial charge in [0.15, 0.2) is 0 Å². The molecule has 0 saturated carbocycles. The molecule has 8 rings (SSSR count). The Morgan fingerprint density at radius 2 is 0.612 bits per heavy atom. The van der Waals surface area contributed by atoms with E-state index in [0.29, 0.717) is 0 Å². The van der Waals surface area contributed by atoms with Crippen LogP contribution in [0.3, 0.4) is 0 Å². The van der Waals surface area contributed by atoms with Crippen LogP contribution < -0.4 is 31.8 Å². The molecule has 0 nitrogen and oxygen atoms in total. The van der Waals surface area contributed by atoms with E-state index in [4.69, 9.17) is 18.8 Å². The van der Waals surface area contributed by atoms with E-state index in [1.807, 2.05) is 0 Å². The molecule has 0 N–H and O–H groups in total. The van der Waals surface area contributed by atoms with Crippen molar-refractivity contribution in [1.82, 2.24) is 0 Å². The molecule has 0 fully saturated rings. The predicted molar refractivity (Wildman–Crippen MR) is 214 cm³/mol. The first-order chi connectivity index (χ1) is 24.2. The van der Waals surface area contributed by atoms with E-state index >= 15 is 0 Å². The first-order valence-corrected chi connectivity index (χ1v) is 25.5. The second-order valence-electron chi connectivity index (χ2n) is 12.7. The van der Waals surface area contributed by atoms with Gasteiger partial charge in [0.1, 0.15) is 0 Å². The van der Waals surface area contributed by atoms with Crippen molar-refractivity contribution in [3.05, 3.63) is 168 Å². The fourth-order valence-corrected chi connectivity index (χ4v) is 12.5. The van der Waals surface area contributed by atoms with E-state index < -0.39 is 32.3 Å². The molecule has 0 unspecified atom stereocenters. The van der Waals surface area contributed by atoms with E-state index in [2.05, 4.69) is 146 Å². The van der Waals surface area contributed by atoms with Crippen LogP contribution in [0.25, 0.3) is 11.1 Å². The SMILES string of the molecule is [Cl][Pt][Cl].c1ccc(P(c2ccccc2)c2cc3c(cc2-c2cc4c(cc2P(c2ccccc2)c2ccccc2)CCCC4)CCCC3)cc1. The van der Waals surface area contributed by atoms with Crippen molar-refractivity contribution < 1.29 is 16.5 Å². The standard InChI is InChI=1S/C44H40P2.2ClH.Pt/c1-5-21-37(22-6-1)45(38-23-7-2-8-24-38)43-31-35-19-15-13-17-33(35)29-41(43)42-30-34-18-14-16-20-36(34)32-44(42)46(39-25-9-3-10-26-39)40-27-11-4-12-28-40;;;/h1-12,21-32H,13-20H2;2*1H;/q;;;+2/p-2. The largest absolute Gasteiger partial charge is 0.0622 e. The molecule has 0 saturated heterocycles. The molecule has 0 bridgehead atoms. The summed E-state index contributed by atoms with van der Waals surface area (Å²) in [5, 5.41) is 8.73. The molecule has 0 atom stereocenters. The van der Waals surface area contributed by atoms with Crippen molar-refractivity contribution in [2.75, 3.05) is 0 Å².